The van der Waals surface area contributed by atoms with Gasteiger partial charge in [0, 0.05) is 0 Å². The van der Waals surface area contributed by atoms with E-state index in [1.165, 1.54) is 0 Å². The summed E-state index contributed by atoms with van der Waals surface area (Å²) in [6.07, 6.45) is 0.178. The van der Waals surface area contributed by atoms with Crippen molar-refractivity contribution in [3.8, 4) is 0 Å². The van der Waals surface area contributed by atoms with Gasteiger partial charge < -0.3 is 15.2 Å². The second-order valence-corrected chi connectivity index (χ2v) is 4.27. The Morgan fingerprint density at radius 2 is 1.82 bits per heavy atom. The molecular formula is C13H16NO3-. The number of amides is 1. The van der Waals surface area contributed by atoms with Gasteiger partial charge in [0.2, 0.25) is 5.91 Å². The lowest BCUT2D eigenvalue weighted by Gasteiger charge is -2.23. The number of rotatable bonds is 5. The summed E-state index contributed by atoms with van der Waals surface area (Å²) in [5.74, 6) is -1.75. The fourth-order valence-electron chi connectivity index (χ4n) is 1.50. The summed E-state index contributed by atoms with van der Waals surface area (Å²) in [7, 11) is 0. The molecule has 1 aromatic rings. The smallest absolute Gasteiger partial charge is 0.224 e. The molecule has 0 saturated heterocycles. The molecule has 0 heterocycles. The molecule has 1 amide bonds. The summed E-state index contributed by atoms with van der Waals surface area (Å²) in [6.45, 7) is 3.45. The molecule has 0 bridgehead atoms. The van der Waals surface area contributed by atoms with Crippen LogP contribution in [0.5, 0.6) is 0 Å². The standard InChI is InChI=1S/C13H17NO3/c1-9(2)12(13(16)17)14-11(15)8-10-6-4-3-5-7-10/h3-7,9,12H,8H2,1-2H3,(H,14,15)(H,16,17)/p-1/t12-/m0/s1. The van der Waals surface area contributed by atoms with Crippen LogP contribution in [0.2, 0.25) is 0 Å². The minimum absolute atomic E-state index is 0.178. The van der Waals surface area contributed by atoms with E-state index in [0.717, 1.165) is 5.56 Å². The predicted octanol–water partition coefficient (Wildman–Crippen LogP) is 0.120. The van der Waals surface area contributed by atoms with Crippen LogP contribution in [-0.4, -0.2) is 17.9 Å². The van der Waals surface area contributed by atoms with Crippen molar-refractivity contribution in [3.63, 3.8) is 0 Å². The van der Waals surface area contributed by atoms with Gasteiger partial charge in [0.1, 0.15) is 0 Å². The van der Waals surface area contributed by atoms with Crippen LogP contribution >= 0.6 is 0 Å². The topological polar surface area (TPSA) is 69.2 Å². The number of carbonyl (C=O) groups is 2. The molecule has 1 rings (SSSR count). The van der Waals surface area contributed by atoms with Crippen LogP contribution in [0.25, 0.3) is 0 Å². The molecule has 92 valence electrons. The molecule has 0 unspecified atom stereocenters. The highest BCUT2D eigenvalue weighted by Crippen LogP contribution is 2.03. The van der Waals surface area contributed by atoms with E-state index in [2.05, 4.69) is 5.32 Å². The molecule has 0 saturated carbocycles. The van der Waals surface area contributed by atoms with Gasteiger partial charge in [-0.05, 0) is 11.5 Å². The maximum atomic E-state index is 11.6. The third-order valence-corrected chi connectivity index (χ3v) is 2.44. The number of carboxylic acid groups (broad SMARTS) is 1. The number of carbonyl (C=O) groups excluding carboxylic acids is 2. The molecule has 1 aromatic carbocycles. The molecule has 0 spiro atoms. The average Bonchev–Trinajstić information content (AvgIpc) is 2.26. The second kappa shape index (κ2) is 6.03. The van der Waals surface area contributed by atoms with Gasteiger partial charge in [-0.15, -0.1) is 0 Å². The molecule has 4 heteroatoms. The Morgan fingerprint density at radius 1 is 1.24 bits per heavy atom. The lowest BCUT2D eigenvalue weighted by atomic mass is 10.0. The first-order valence-corrected chi connectivity index (χ1v) is 5.55. The zero-order chi connectivity index (χ0) is 12.8. The first-order chi connectivity index (χ1) is 8.00. The van der Waals surface area contributed by atoms with Gasteiger partial charge in [-0.25, -0.2) is 0 Å². The van der Waals surface area contributed by atoms with E-state index in [4.69, 9.17) is 0 Å². The monoisotopic (exact) mass is 234 g/mol. The molecule has 0 radical (unpaired) electrons. The van der Waals surface area contributed by atoms with Crippen LogP contribution in [0.3, 0.4) is 0 Å². The second-order valence-electron chi connectivity index (χ2n) is 4.27. The average molecular weight is 234 g/mol. The maximum absolute atomic E-state index is 11.6. The molecule has 1 N–H and O–H groups in total. The number of benzene rings is 1. The highest BCUT2D eigenvalue weighted by Gasteiger charge is 2.17. The van der Waals surface area contributed by atoms with Crippen molar-refractivity contribution < 1.29 is 14.7 Å². The molecule has 0 aliphatic heterocycles. The van der Waals surface area contributed by atoms with Crippen LogP contribution in [0.15, 0.2) is 30.3 Å². The van der Waals surface area contributed by atoms with E-state index in [1.54, 1.807) is 13.8 Å². The lowest BCUT2D eigenvalue weighted by Crippen LogP contribution is -2.51. The molecule has 0 aliphatic rings. The Hall–Kier alpha value is -1.84. The summed E-state index contributed by atoms with van der Waals surface area (Å²) in [5.41, 5.74) is 0.853. The van der Waals surface area contributed by atoms with Crippen LogP contribution in [0, 0.1) is 5.92 Å². The highest BCUT2D eigenvalue weighted by molar-refractivity contribution is 5.84. The number of hydrogen-bond donors (Lipinski definition) is 1. The maximum Gasteiger partial charge on any atom is 0.224 e. The van der Waals surface area contributed by atoms with E-state index >= 15 is 0 Å². The largest absolute Gasteiger partial charge is 0.548 e. The molecule has 1 atom stereocenters. The van der Waals surface area contributed by atoms with Gasteiger partial charge in [0.25, 0.3) is 0 Å². The summed E-state index contributed by atoms with van der Waals surface area (Å²) < 4.78 is 0. The third kappa shape index (κ3) is 4.26. The Bertz CT molecular complexity index is 387. The fraction of sp³-hybridized carbons (Fsp3) is 0.385. The first kappa shape index (κ1) is 13.2. The number of aliphatic carboxylic acids is 1. The summed E-state index contributed by atoms with van der Waals surface area (Å²) in [6, 6.07) is 8.24. The van der Waals surface area contributed by atoms with Gasteiger partial charge in [-0.1, -0.05) is 44.2 Å². The Morgan fingerprint density at radius 3 is 2.29 bits per heavy atom. The van der Waals surface area contributed by atoms with E-state index in [9.17, 15) is 14.7 Å². The van der Waals surface area contributed by atoms with Gasteiger partial charge in [0.05, 0.1) is 18.4 Å². The van der Waals surface area contributed by atoms with Crippen molar-refractivity contribution in [3.05, 3.63) is 35.9 Å². The molecule has 0 aliphatic carbocycles. The zero-order valence-corrected chi connectivity index (χ0v) is 9.97. The van der Waals surface area contributed by atoms with Crippen molar-refractivity contribution in [1.82, 2.24) is 5.32 Å². The van der Waals surface area contributed by atoms with E-state index in [1.807, 2.05) is 30.3 Å². The highest BCUT2D eigenvalue weighted by atomic mass is 16.4. The number of carboxylic acids is 1. The van der Waals surface area contributed by atoms with Crippen LogP contribution in [0.4, 0.5) is 0 Å². The minimum atomic E-state index is -1.25. The van der Waals surface area contributed by atoms with E-state index in [-0.39, 0.29) is 18.2 Å². The minimum Gasteiger partial charge on any atom is -0.548 e. The normalized spacial score (nSPS) is 12.2. The van der Waals surface area contributed by atoms with Gasteiger partial charge in [0.15, 0.2) is 0 Å². The van der Waals surface area contributed by atoms with Crippen molar-refractivity contribution in [2.75, 3.05) is 0 Å². The van der Waals surface area contributed by atoms with Crippen molar-refractivity contribution in [1.29, 1.82) is 0 Å². The summed E-state index contributed by atoms with van der Waals surface area (Å²) in [5, 5.41) is 13.3. The van der Waals surface area contributed by atoms with Crippen LogP contribution in [-0.2, 0) is 16.0 Å². The van der Waals surface area contributed by atoms with Crippen molar-refractivity contribution >= 4 is 11.9 Å². The van der Waals surface area contributed by atoms with E-state index in [0.29, 0.717) is 0 Å². The zero-order valence-electron chi connectivity index (χ0n) is 9.97. The Labute approximate surface area is 101 Å². The molecule has 0 aromatic heterocycles. The SMILES string of the molecule is CC(C)[C@H](NC(=O)Cc1ccccc1)C(=O)[O-]. The molecule has 17 heavy (non-hydrogen) atoms. The number of hydrogen-bond acceptors (Lipinski definition) is 3. The van der Waals surface area contributed by atoms with E-state index < -0.39 is 12.0 Å². The molecule has 4 nitrogen and oxygen atoms in total. The molecule has 0 fully saturated rings. The summed E-state index contributed by atoms with van der Waals surface area (Å²) in [4.78, 5) is 22.4. The first-order valence-electron chi connectivity index (χ1n) is 5.55. The number of nitrogens with one attached hydrogen (secondary N) is 1. The lowest BCUT2D eigenvalue weighted by molar-refractivity contribution is -0.309. The van der Waals surface area contributed by atoms with Gasteiger partial charge in [-0.2, -0.15) is 0 Å². The van der Waals surface area contributed by atoms with Gasteiger partial charge >= 0.3 is 0 Å². The summed E-state index contributed by atoms with van der Waals surface area (Å²) >= 11 is 0. The van der Waals surface area contributed by atoms with Crippen LogP contribution in [0.1, 0.15) is 19.4 Å². The molecular weight excluding hydrogens is 218 g/mol. The third-order valence-electron chi connectivity index (χ3n) is 2.44. The fourth-order valence-corrected chi connectivity index (χ4v) is 1.50. The quantitative estimate of drug-likeness (QED) is 0.786. The Kier molecular flexibility index (Phi) is 4.69. The van der Waals surface area contributed by atoms with Crippen molar-refractivity contribution in [2.45, 2.75) is 26.3 Å². The van der Waals surface area contributed by atoms with Crippen molar-refractivity contribution in [2.24, 2.45) is 5.92 Å². The predicted molar refractivity (Wildman–Crippen MR) is 61.9 cm³/mol. The van der Waals surface area contributed by atoms with Gasteiger partial charge in [-0.3, -0.25) is 4.79 Å². The van der Waals surface area contributed by atoms with Crippen LogP contribution < -0.4 is 10.4 Å². The Balaban J connectivity index is 2.57.